The van der Waals surface area contributed by atoms with Gasteiger partial charge in [0.1, 0.15) is 0 Å². The SMILES string of the molecule is [2H]C([2H])([2H])c1ccc2c(n1)oc1c(-[n+]3[c-]n(-c4ccccc4)c4ccccc43)[c-]ccc12.[Ir+3].[c-]1ccccc1-c1ccccn1. The van der Waals surface area contributed by atoms with Crippen LogP contribution in [0.5, 0.6) is 0 Å². The Hall–Kier alpha value is -4.90. The molecule has 8 rings (SSSR count). The van der Waals surface area contributed by atoms with Gasteiger partial charge in [-0.2, -0.15) is 18.2 Å². The van der Waals surface area contributed by atoms with Gasteiger partial charge in [-0.05, 0) is 48.6 Å². The zero-order valence-corrected chi connectivity index (χ0v) is 24.5. The van der Waals surface area contributed by atoms with Crippen LogP contribution < -0.4 is 4.57 Å². The van der Waals surface area contributed by atoms with Gasteiger partial charge in [-0.25, -0.2) is 4.98 Å². The van der Waals surface area contributed by atoms with Crippen molar-refractivity contribution in [1.29, 1.82) is 0 Å². The normalized spacial score (nSPS) is 12.1. The zero-order valence-electron chi connectivity index (χ0n) is 25.2. The van der Waals surface area contributed by atoms with Gasteiger partial charge in [-0.3, -0.25) is 4.57 Å². The van der Waals surface area contributed by atoms with Crippen LogP contribution in [-0.4, -0.2) is 14.5 Å². The molecule has 0 amide bonds. The van der Waals surface area contributed by atoms with E-state index in [0.29, 0.717) is 17.0 Å². The van der Waals surface area contributed by atoms with Crippen molar-refractivity contribution < 1.29 is 33.2 Å². The average Bonchev–Trinajstić information content (AvgIpc) is 3.65. The van der Waals surface area contributed by atoms with Gasteiger partial charge < -0.3 is 14.0 Å². The van der Waals surface area contributed by atoms with Crippen molar-refractivity contribution in [3.8, 4) is 22.6 Å². The van der Waals surface area contributed by atoms with E-state index in [2.05, 4.69) is 28.4 Å². The van der Waals surface area contributed by atoms with Crippen LogP contribution in [0.15, 0.2) is 132 Å². The van der Waals surface area contributed by atoms with E-state index in [0.717, 1.165) is 38.8 Å². The Bertz CT molecular complexity index is 2180. The summed E-state index contributed by atoms with van der Waals surface area (Å²) in [5.41, 5.74) is 6.49. The van der Waals surface area contributed by atoms with Gasteiger partial charge in [0.25, 0.3) is 6.33 Å². The average molecular weight is 724 g/mol. The molecule has 202 valence electrons. The minimum atomic E-state index is -2.30. The molecule has 0 aliphatic rings. The van der Waals surface area contributed by atoms with Crippen LogP contribution in [0.3, 0.4) is 0 Å². The molecule has 0 aliphatic carbocycles. The van der Waals surface area contributed by atoms with Crippen LogP contribution in [0.4, 0.5) is 0 Å². The van der Waals surface area contributed by atoms with Crippen molar-refractivity contribution in [2.75, 3.05) is 0 Å². The summed E-state index contributed by atoms with van der Waals surface area (Å²) in [6.45, 7) is -2.30. The standard InChI is InChI=1S/C25H16N3O.C11H8N.Ir/c1-17-14-15-20-19-10-7-13-23(24(19)29-25(20)26-17)28-16-27(18-8-3-2-4-9-18)21-11-5-6-12-22(21)28;1-2-6-10(7-3-1)11-8-4-5-9-12-11;/h2-12,14-15H,1H3;1-6,8-9H;/q2*-1;+3/i1D3;;. The molecule has 0 saturated heterocycles. The van der Waals surface area contributed by atoms with E-state index in [-0.39, 0.29) is 25.8 Å². The van der Waals surface area contributed by atoms with Crippen LogP contribution in [-0.2, 0) is 20.1 Å². The maximum absolute atomic E-state index is 7.65. The third kappa shape index (κ3) is 5.14. The van der Waals surface area contributed by atoms with E-state index < -0.39 is 6.85 Å². The molecular weight excluding hydrogens is 697 g/mol. The topological polar surface area (TPSA) is 47.7 Å². The molecule has 4 aromatic heterocycles. The Balaban J connectivity index is 0.000000231. The summed E-state index contributed by atoms with van der Waals surface area (Å²) in [5, 5.41) is 1.60. The van der Waals surface area contributed by atoms with E-state index in [4.69, 9.17) is 8.53 Å². The third-order valence-electron chi connectivity index (χ3n) is 6.73. The van der Waals surface area contributed by atoms with Crippen molar-refractivity contribution in [3.63, 3.8) is 0 Å². The third-order valence-corrected chi connectivity index (χ3v) is 6.73. The molecule has 0 saturated carbocycles. The monoisotopic (exact) mass is 724 g/mol. The van der Waals surface area contributed by atoms with E-state index >= 15 is 0 Å². The molecule has 42 heavy (non-hydrogen) atoms. The number of aromatic nitrogens is 4. The molecule has 4 aromatic carbocycles. The number of hydrogen-bond donors (Lipinski definition) is 0. The first-order valence-corrected chi connectivity index (χ1v) is 13.1. The summed E-state index contributed by atoms with van der Waals surface area (Å²) in [5.74, 6) is 0. The molecule has 0 atom stereocenters. The number of hydrogen-bond acceptors (Lipinski definition) is 3. The summed E-state index contributed by atoms with van der Waals surface area (Å²) in [6.07, 6.45) is 5.21. The van der Waals surface area contributed by atoms with Crippen molar-refractivity contribution in [2.45, 2.75) is 6.85 Å². The Morgan fingerprint density at radius 3 is 2.43 bits per heavy atom. The minimum Gasteiger partial charge on any atom is -0.505 e. The maximum Gasteiger partial charge on any atom is 3.00 e. The summed E-state index contributed by atoms with van der Waals surface area (Å²) in [6, 6.07) is 45.1. The molecular formula is C36H24IrN4O+. The van der Waals surface area contributed by atoms with E-state index in [1.54, 1.807) is 12.3 Å². The number of benzene rings is 4. The number of nitrogens with zero attached hydrogens (tertiary/aromatic N) is 4. The first-order valence-electron chi connectivity index (χ1n) is 14.6. The molecule has 0 fully saturated rings. The molecule has 8 aromatic rings. The predicted octanol–water partition coefficient (Wildman–Crippen LogP) is 7.66. The number of para-hydroxylation sites is 3. The predicted molar refractivity (Wildman–Crippen MR) is 161 cm³/mol. The molecule has 0 aliphatic heterocycles. The zero-order chi connectivity index (χ0) is 30.1. The van der Waals surface area contributed by atoms with Gasteiger partial charge in [-0.15, -0.1) is 35.9 Å². The first kappa shape index (κ1) is 23.8. The van der Waals surface area contributed by atoms with E-state index in [9.17, 15) is 0 Å². The Kier molecular flexibility index (Phi) is 6.74. The number of imidazole rings is 1. The fourth-order valence-corrected chi connectivity index (χ4v) is 4.84. The Morgan fingerprint density at radius 1 is 0.786 bits per heavy atom. The number of furan rings is 1. The van der Waals surface area contributed by atoms with E-state index in [1.807, 2.05) is 118 Å². The molecule has 0 radical (unpaired) electrons. The summed E-state index contributed by atoms with van der Waals surface area (Å²) in [7, 11) is 0. The molecule has 0 unspecified atom stereocenters. The van der Waals surface area contributed by atoms with Gasteiger partial charge in [0.2, 0.25) is 5.71 Å². The minimum absolute atomic E-state index is 0. The molecule has 4 heterocycles. The van der Waals surface area contributed by atoms with Crippen LogP contribution in [0, 0.1) is 25.3 Å². The molecule has 6 heteroatoms. The summed E-state index contributed by atoms with van der Waals surface area (Å²) < 4.78 is 32.9. The van der Waals surface area contributed by atoms with Gasteiger partial charge in [-0.1, -0.05) is 60.0 Å². The van der Waals surface area contributed by atoms with Crippen LogP contribution >= 0.6 is 0 Å². The number of fused-ring (bicyclic) bond motifs is 4. The molecule has 0 N–H and O–H groups in total. The second-order valence-electron chi connectivity index (χ2n) is 9.31. The van der Waals surface area contributed by atoms with Crippen molar-refractivity contribution in [2.24, 2.45) is 0 Å². The van der Waals surface area contributed by atoms with Crippen molar-refractivity contribution in [1.82, 2.24) is 14.5 Å². The van der Waals surface area contributed by atoms with Crippen LogP contribution in [0.2, 0.25) is 0 Å². The van der Waals surface area contributed by atoms with Gasteiger partial charge in [0.15, 0.2) is 0 Å². The second kappa shape index (κ2) is 11.9. The van der Waals surface area contributed by atoms with Crippen LogP contribution in [0.1, 0.15) is 9.81 Å². The number of rotatable bonds is 3. The molecule has 5 nitrogen and oxygen atoms in total. The fraction of sp³-hybridized carbons (Fsp3) is 0.0278. The Morgan fingerprint density at radius 2 is 1.62 bits per heavy atom. The summed E-state index contributed by atoms with van der Waals surface area (Å²) in [4.78, 5) is 8.48. The van der Waals surface area contributed by atoms with Gasteiger partial charge >= 0.3 is 20.1 Å². The molecule has 0 spiro atoms. The number of pyridine rings is 2. The van der Waals surface area contributed by atoms with E-state index in [1.165, 1.54) is 6.07 Å². The number of aryl methyl sites for hydroxylation is 1. The largest absolute Gasteiger partial charge is 3.00 e. The maximum atomic E-state index is 7.65. The van der Waals surface area contributed by atoms with Crippen molar-refractivity contribution >= 4 is 33.1 Å². The van der Waals surface area contributed by atoms with Gasteiger partial charge in [0, 0.05) is 27.0 Å². The first-order chi connectivity index (χ1) is 21.5. The second-order valence-corrected chi connectivity index (χ2v) is 9.31. The quantitative estimate of drug-likeness (QED) is 0.139. The van der Waals surface area contributed by atoms with Crippen LogP contribution in [0.25, 0.3) is 55.7 Å². The summed E-state index contributed by atoms with van der Waals surface area (Å²) >= 11 is 0. The van der Waals surface area contributed by atoms with Crippen molar-refractivity contribution in [3.05, 3.63) is 152 Å². The molecule has 0 bridgehead atoms. The Labute approximate surface area is 261 Å². The van der Waals surface area contributed by atoms with Gasteiger partial charge in [0.05, 0.1) is 16.7 Å². The smallest absolute Gasteiger partial charge is 0.505 e. The fourth-order valence-electron chi connectivity index (χ4n) is 4.84.